The molecule has 0 spiro atoms. The molecule has 0 N–H and O–H groups in total. The number of halogens is 15. The zero-order chi connectivity index (χ0) is 51.3. The van der Waals surface area contributed by atoms with E-state index < -0.39 is 58.7 Å². The van der Waals surface area contributed by atoms with Gasteiger partial charge in [0, 0.05) is 35.2 Å². The van der Waals surface area contributed by atoms with E-state index in [4.69, 9.17) is 0 Å². The molecule has 0 saturated heterocycles. The molecule has 70 heavy (non-hydrogen) atoms. The average molecular weight is 1050 g/mol. The van der Waals surface area contributed by atoms with Crippen molar-refractivity contribution in [1.29, 1.82) is 0 Å². The van der Waals surface area contributed by atoms with E-state index in [1.807, 2.05) is 0 Å². The molecule has 0 heterocycles. The second kappa shape index (κ2) is 20.9. The van der Waals surface area contributed by atoms with Crippen molar-refractivity contribution in [3.63, 3.8) is 0 Å². The van der Waals surface area contributed by atoms with Crippen LogP contribution in [-0.4, -0.2) is 10.3 Å². The minimum atomic E-state index is -4.84. The smallest absolute Gasteiger partial charge is 0.166 e. The molecule has 0 bridgehead atoms. The predicted octanol–water partition coefficient (Wildman–Crippen LogP) is 17.6. The summed E-state index contributed by atoms with van der Waals surface area (Å²) in [4.78, 5) is 0. The predicted molar refractivity (Wildman–Crippen MR) is 236 cm³/mol. The van der Waals surface area contributed by atoms with Gasteiger partial charge in [0.25, 0.3) is 0 Å². The molecule has 0 amide bonds. The number of rotatable bonds is 6. The van der Waals surface area contributed by atoms with Crippen molar-refractivity contribution in [2.24, 2.45) is 0 Å². The van der Waals surface area contributed by atoms with Crippen LogP contribution in [-0.2, 0) is 48.0 Å². The van der Waals surface area contributed by atoms with E-state index in [0.29, 0.717) is 71.0 Å². The maximum absolute atomic E-state index is 13.7. The first-order valence-electron chi connectivity index (χ1n) is 20.9. The number of hydrogen-bond donors (Lipinski definition) is 0. The van der Waals surface area contributed by atoms with Crippen LogP contribution in [0.25, 0.3) is 0 Å². The summed E-state index contributed by atoms with van der Waals surface area (Å²) in [5.41, 5.74) is -4.41. The molecule has 5 aromatic rings. The van der Waals surface area contributed by atoms with Gasteiger partial charge in [-0.1, -0.05) is 110 Å². The number of benzene rings is 5. The Morgan fingerprint density at radius 2 is 0.429 bits per heavy atom. The fourth-order valence-electron chi connectivity index (χ4n) is 8.49. The zero-order valence-electron chi connectivity index (χ0n) is 37.8. The minimum absolute atomic E-state index is 0. The Labute approximate surface area is 410 Å². The van der Waals surface area contributed by atoms with Crippen LogP contribution in [0.5, 0.6) is 0 Å². The van der Waals surface area contributed by atoms with Crippen LogP contribution in [0, 0.1) is 60.9 Å². The Hall–Kier alpha value is -4.00. The summed E-state index contributed by atoms with van der Waals surface area (Å²) >= 11 is 0. The molecule has 2 aliphatic rings. The van der Waals surface area contributed by atoms with Gasteiger partial charge in [-0.05, 0) is 124 Å². The Kier molecular flexibility index (Phi) is 17.0. The molecule has 370 valence electrons. The van der Waals surface area contributed by atoms with E-state index in [0.717, 1.165) is 60.7 Å². The Morgan fingerprint density at radius 3 is 0.557 bits per heavy atom. The van der Waals surface area contributed by atoms with Gasteiger partial charge in [-0.25, -0.2) is 0 Å². The van der Waals surface area contributed by atoms with Gasteiger partial charge in [0.1, 0.15) is 0 Å². The third kappa shape index (κ3) is 13.1. The molecular weight excluding hydrogens is 1010 g/mol. The molecular formula is C53H42F15FeP+2. The number of alkyl halides is 15. The van der Waals surface area contributed by atoms with Crippen LogP contribution in [0.3, 0.4) is 0 Å². The van der Waals surface area contributed by atoms with E-state index in [9.17, 15) is 65.9 Å². The largest absolute Gasteiger partial charge is 2.00 e. The van der Waals surface area contributed by atoms with Crippen molar-refractivity contribution in [3.05, 3.63) is 238 Å². The molecule has 0 unspecified atom stereocenters. The van der Waals surface area contributed by atoms with Gasteiger partial charge in [-0.15, -0.1) is 0 Å². The van der Waals surface area contributed by atoms with Crippen LogP contribution >= 0.6 is 7.92 Å². The SMILES string of the molecule is CC(C)(C)P([C]1[CH][CH][CH][CH]1)C(C)(C)C.FC(F)(F)c1ccc([C]2[C](c3ccc(C(F)(F)F)cc3)[C](c3ccc(C(F)(F)F)cc3)[C](c3ccc(C(F)(F)F)cc3)[C]2c2ccc(C(F)(F)F)cc2)cc1.[Fe+2]. The van der Waals surface area contributed by atoms with Crippen LogP contribution < -0.4 is 0 Å². The van der Waals surface area contributed by atoms with Gasteiger partial charge in [0.2, 0.25) is 0 Å². The quantitative estimate of drug-likeness (QED) is 0.0903. The van der Waals surface area contributed by atoms with Crippen LogP contribution in [0.1, 0.15) is 97.2 Å². The van der Waals surface area contributed by atoms with E-state index in [2.05, 4.69) is 67.2 Å². The van der Waals surface area contributed by atoms with Gasteiger partial charge in [0.15, 0.2) is 0 Å². The Balaban J connectivity index is 0.000000524. The summed E-state index contributed by atoms with van der Waals surface area (Å²) in [5, 5.41) is 0.782. The first kappa shape index (κ1) is 56.9. The minimum Gasteiger partial charge on any atom is -0.166 e. The van der Waals surface area contributed by atoms with Gasteiger partial charge in [-0.3, -0.25) is 0 Å². The van der Waals surface area contributed by atoms with Crippen LogP contribution in [0.4, 0.5) is 65.9 Å². The summed E-state index contributed by atoms with van der Waals surface area (Å²) in [5.74, 6) is -0.426. The summed E-state index contributed by atoms with van der Waals surface area (Å²) in [7, 11) is -0.101. The molecule has 0 aromatic heterocycles. The van der Waals surface area contributed by atoms with Crippen LogP contribution in [0.15, 0.2) is 121 Å². The maximum Gasteiger partial charge on any atom is 2.00 e. The van der Waals surface area contributed by atoms with Crippen molar-refractivity contribution in [3.8, 4) is 0 Å². The first-order valence-corrected chi connectivity index (χ1v) is 22.3. The van der Waals surface area contributed by atoms with Crippen molar-refractivity contribution >= 4 is 7.92 Å². The second-order valence-corrected chi connectivity index (χ2v) is 21.9. The molecule has 17 heteroatoms. The molecule has 0 atom stereocenters. The molecule has 10 radical (unpaired) electrons. The second-order valence-electron chi connectivity index (χ2n) is 18.1. The Bertz CT molecular complexity index is 2070. The normalized spacial score (nSPS) is 16.9. The van der Waals surface area contributed by atoms with Crippen molar-refractivity contribution in [2.45, 2.75) is 82.7 Å². The van der Waals surface area contributed by atoms with E-state index in [1.165, 1.54) is 0 Å². The van der Waals surface area contributed by atoms with Gasteiger partial charge >= 0.3 is 48.0 Å². The zero-order valence-corrected chi connectivity index (χ0v) is 39.8. The first-order chi connectivity index (χ1) is 31.7. The standard InChI is InChI=1S/C40H20F15.C13H22P.Fe/c41-36(42,43)26-11-1-21(2-12-26)31-32(22-3-13-27(14-4-22)37(44,45)46)34(24-7-17-29(18-8-24)39(50,51)52)35(25-9-19-30(20-10-25)40(53,54)55)33(31)23-5-15-28(16-6-23)38(47,48)49;1-12(2,3)14(13(4,5)6)11-9-7-8-10-11;/h1-20H;7-10H,1-6H3;/q;;+2. The average Bonchev–Trinajstić information content (AvgIpc) is 3.88. The third-order valence-corrected chi connectivity index (χ3v) is 14.5. The summed E-state index contributed by atoms with van der Waals surface area (Å²) in [6.45, 7) is 14.1. The molecule has 0 aliphatic heterocycles. The fourth-order valence-corrected chi connectivity index (χ4v) is 12.5. The van der Waals surface area contributed by atoms with Crippen LogP contribution in [0.2, 0.25) is 0 Å². The summed E-state index contributed by atoms with van der Waals surface area (Å²) in [6, 6.07) is 16.6. The monoisotopic (exact) mass is 1050 g/mol. The molecule has 5 aromatic carbocycles. The molecule has 2 fully saturated rings. The van der Waals surface area contributed by atoms with Crippen molar-refractivity contribution in [2.75, 3.05) is 0 Å². The summed E-state index contributed by atoms with van der Waals surface area (Å²) in [6.07, 6.45) is -15.3. The fraction of sp³-hybridized carbons (Fsp3) is 0.245. The van der Waals surface area contributed by atoms with Gasteiger partial charge in [0.05, 0.1) is 27.8 Å². The number of hydrogen-bond acceptors (Lipinski definition) is 0. The molecule has 2 aliphatic carbocycles. The third-order valence-electron chi connectivity index (χ3n) is 11.0. The van der Waals surface area contributed by atoms with Crippen molar-refractivity contribution < 1.29 is 82.9 Å². The van der Waals surface area contributed by atoms with E-state index >= 15 is 0 Å². The maximum atomic E-state index is 13.7. The summed E-state index contributed by atoms with van der Waals surface area (Å²) < 4.78 is 205. The molecule has 7 rings (SSSR count). The molecule has 2 saturated carbocycles. The van der Waals surface area contributed by atoms with E-state index in [1.54, 1.807) is 5.66 Å². The van der Waals surface area contributed by atoms with Gasteiger partial charge < -0.3 is 0 Å². The van der Waals surface area contributed by atoms with E-state index in [-0.39, 0.29) is 82.4 Å². The topological polar surface area (TPSA) is 0 Å². The molecule has 0 nitrogen and oxygen atoms in total. The van der Waals surface area contributed by atoms with Crippen molar-refractivity contribution in [1.82, 2.24) is 0 Å². The van der Waals surface area contributed by atoms with Gasteiger partial charge in [-0.2, -0.15) is 65.9 Å². The Morgan fingerprint density at radius 1 is 0.271 bits per heavy atom.